The number of rotatable bonds is 9. The van der Waals surface area contributed by atoms with Crippen molar-refractivity contribution in [2.45, 2.75) is 0 Å². The normalized spacial score (nSPS) is 10.7. The van der Waals surface area contributed by atoms with Gasteiger partial charge >= 0.3 is 0 Å². The van der Waals surface area contributed by atoms with Crippen molar-refractivity contribution in [3.05, 3.63) is 65.4 Å². The van der Waals surface area contributed by atoms with Crippen LogP contribution in [0.4, 0.5) is 0 Å². The van der Waals surface area contributed by atoms with Gasteiger partial charge in [-0.15, -0.1) is 5.10 Å². The van der Waals surface area contributed by atoms with E-state index in [1.54, 1.807) is 62.8 Å². The Morgan fingerprint density at radius 1 is 1.03 bits per heavy atom. The summed E-state index contributed by atoms with van der Waals surface area (Å²) in [7, 11) is 4.57. The summed E-state index contributed by atoms with van der Waals surface area (Å²) < 4.78 is 15.8. The van der Waals surface area contributed by atoms with Gasteiger partial charge in [-0.05, 0) is 59.3 Å². The lowest BCUT2D eigenvalue weighted by Gasteiger charge is -2.07. The third-order valence-electron chi connectivity index (χ3n) is 4.24. The van der Waals surface area contributed by atoms with E-state index in [0.29, 0.717) is 17.1 Å². The molecule has 2 aromatic carbocycles. The quantitative estimate of drug-likeness (QED) is 0.412. The van der Waals surface area contributed by atoms with Crippen molar-refractivity contribution in [3.8, 4) is 17.4 Å². The van der Waals surface area contributed by atoms with E-state index < -0.39 is 5.91 Å². The first-order valence-electron chi connectivity index (χ1n) is 9.22. The number of nitrogens with zero attached hydrogens (tertiary/aromatic N) is 4. The van der Waals surface area contributed by atoms with Crippen molar-refractivity contribution in [1.82, 2.24) is 20.4 Å². The van der Waals surface area contributed by atoms with Crippen LogP contribution in [0.25, 0.3) is 0 Å². The number of amides is 1. The fraction of sp³-hybridized carbons (Fsp3) is 0.190. The summed E-state index contributed by atoms with van der Waals surface area (Å²) in [4.78, 5) is 25.6. The Morgan fingerprint density at radius 3 is 2.23 bits per heavy atom. The number of aromatic nitrogens is 3. The minimum atomic E-state index is -0.516. The third kappa shape index (κ3) is 5.24. The van der Waals surface area contributed by atoms with E-state index in [1.807, 2.05) is 0 Å². The third-order valence-corrected chi connectivity index (χ3v) is 4.24. The molecule has 1 amide bonds. The molecule has 0 fully saturated rings. The van der Waals surface area contributed by atoms with Gasteiger partial charge < -0.3 is 19.5 Å². The fourth-order valence-electron chi connectivity index (χ4n) is 2.53. The molecular weight excluding hydrogens is 402 g/mol. The number of hydrogen-bond donors (Lipinski definition) is 1. The first kappa shape index (κ1) is 21.5. The van der Waals surface area contributed by atoms with E-state index in [0.717, 1.165) is 10.4 Å². The lowest BCUT2D eigenvalue weighted by Crippen LogP contribution is -2.21. The van der Waals surface area contributed by atoms with Crippen LogP contribution in [-0.2, 0) is 0 Å². The summed E-state index contributed by atoms with van der Waals surface area (Å²) in [6.45, 7) is -0.332. The highest BCUT2D eigenvalue weighted by Crippen LogP contribution is 2.18. The zero-order valence-corrected chi connectivity index (χ0v) is 17.2. The van der Waals surface area contributed by atoms with Gasteiger partial charge in [0.05, 0.1) is 20.4 Å². The highest BCUT2D eigenvalue weighted by atomic mass is 16.5. The highest BCUT2D eigenvalue weighted by molar-refractivity contribution is 5.98. The Balaban J connectivity index is 1.79. The maximum absolute atomic E-state index is 12.5. The van der Waals surface area contributed by atoms with Crippen molar-refractivity contribution < 1.29 is 23.8 Å². The van der Waals surface area contributed by atoms with E-state index in [4.69, 9.17) is 14.2 Å². The number of ketones is 1. The molecule has 1 heterocycles. The van der Waals surface area contributed by atoms with Gasteiger partial charge in [-0.3, -0.25) is 9.59 Å². The van der Waals surface area contributed by atoms with Gasteiger partial charge in [-0.2, -0.15) is 5.10 Å². The Hall–Kier alpha value is -4.21. The molecule has 0 atom stereocenters. The number of hydrogen-bond acceptors (Lipinski definition) is 8. The zero-order valence-electron chi connectivity index (χ0n) is 17.2. The second-order valence-corrected chi connectivity index (χ2v) is 6.17. The number of carbonyl (C=O) groups is 2. The summed E-state index contributed by atoms with van der Waals surface area (Å²) in [6.07, 6.45) is 1.51. The Kier molecular flexibility index (Phi) is 6.94. The number of methoxy groups -OCH3 is 2. The maximum Gasteiger partial charge on any atom is 0.277 e. The molecule has 0 saturated heterocycles. The van der Waals surface area contributed by atoms with Crippen LogP contribution in [0.1, 0.15) is 26.4 Å². The summed E-state index contributed by atoms with van der Waals surface area (Å²) >= 11 is 0. The van der Waals surface area contributed by atoms with E-state index in [9.17, 15) is 9.59 Å². The summed E-state index contributed by atoms with van der Waals surface area (Å²) in [5.41, 5.74) is 1.11. The number of nitrogens with one attached hydrogen (secondary N) is 1. The van der Waals surface area contributed by atoms with Gasteiger partial charge in [0.2, 0.25) is 5.69 Å². The summed E-state index contributed by atoms with van der Waals surface area (Å²) in [5.74, 6) is 0.483. The van der Waals surface area contributed by atoms with Crippen LogP contribution < -0.4 is 19.5 Å². The van der Waals surface area contributed by atoms with Gasteiger partial charge in [0, 0.05) is 12.6 Å². The molecule has 160 valence electrons. The first-order valence-corrected chi connectivity index (χ1v) is 9.22. The van der Waals surface area contributed by atoms with Crippen LogP contribution in [0.15, 0.2) is 53.6 Å². The molecule has 10 nitrogen and oxygen atoms in total. The SMILES string of the molecule is CNC(=O)c1nnn(/N=C/c2ccc(OC)cc2)c1OCC(=O)c1ccc(OC)cc1. The fourth-order valence-corrected chi connectivity index (χ4v) is 2.53. The van der Waals surface area contributed by atoms with Gasteiger partial charge in [0.25, 0.3) is 11.8 Å². The van der Waals surface area contributed by atoms with Crippen LogP contribution in [0.2, 0.25) is 0 Å². The van der Waals surface area contributed by atoms with E-state index in [-0.39, 0.29) is 24.0 Å². The molecule has 1 N–H and O–H groups in total. The molecule has 0 bridgehead atoms. The number of Topliss-reactive ketones (excluding diaryl/α,β-unsaturated/α-hetero) is 1. The second-order valence-electron chi connectivity index (χ2n) is 6.17. The highest BCUT2D eigenvalue weighted by Gasteiger charge is 2.22. The summed E-state index contributed by atoms with van der Waals surface area (Å²) in [5, 5.41) is 14.3. The predicted octanol–water partition coefficient (Wildman–Crippen LogP) is 1.80. The standard InChI is InChI=1S/C21H21N5O5/c1-22-20(28)19-21(31-13-18(27)15-6-10-17(30-3)11-7-15)26(25-24-19)23-12-14-4-8-16(29-2)9-5-14/h4-12H,13H2,1-3H3,(H,22,28)/b23-12+. The van der Waals surface area contributed by atoms with E-state index in [2.05, 4.69) is 20.7 Å². The molecule has 0 aliphatic rings. The molecule has 31 heavy (non-hydrogen) atoms. The molecular formula is C21H21N5O5. The molecule has 1 aromatic heterocycles. The van der Waals surface area contributed by atoms with Crippen molar-refractivity contribution in [3.63, 3.8) is 0 Å². The van der Waals surface area contributed by atoms with Crippen LogP contribution in [-0.4, -0.2) is 60.9 Å². The molecule has 0 aliphatic carbocycles. The first-order chi connectivity index (χ1) is 15.0. The molecule has 0 radical (unpaired) electrons. The van der Waals surface area contributed by atoms with Crippen LogP contribution in [0.3, 0.4) is 0 Å². The van der Waals surface area contributed by atoms with Gasteiger partial charge in [-0.1, -0.05) is 4.79 Å². The van der Waals surface area contributed by atoms with Gasteiger partial charge in [0.15, 0.2) is 12.4 Å². The van der Waals surface area contributed by atoms with Crippen molar-refractivity contribution >= 4 is 17.9 Å². The number of benzene rings is 2. The summed E-state index contributed by atoms with van der Waals surface area (Å²) in [6, 6.07) is 13.8. The van der Waals surface area contributed by atoms with Crippen LogP contribution >= 0.6 is 0 Å². The lowest BCUT2D eigenvalue weighted by molar-refractivity contribution is 0.0898. The molecule has 0 spiro atoms. The van der Waals surface area contributed by atoms with Crippen molar-refractivity contribution in [2.24, 2.45) is 5.10 Å². The minimum Gasteiger partial charge on any atom is -0.497 e. The van der Waals surface area contributed by atoms with E-state index >= 15 is 0 Å². The number of carbonyl (C=O) groups excluding carboxylic acids is 2. The average Bonchev–Trinajstić information content (AvgIpc) is 3.23. The predicted molar refractivity (Wildman–Crippen MR) is 112 cm³/mol. The van der Waals surface area contributed by atoms with Gasteiger partial charge in [0.1, 0.15) is 11.5 Å². The monoisotopic (exact) mass is 423 g/mol. The van der Waals surface area contributed by atoms with Gasteiger partial charge in [-0.25, -0.2) is 0 Å². The smallest absolute Gasteiger partial charge is 0.277 e. The molecule has 3 aromatic rings. The molecule has 0 unspecified atom stereocenters. The van der Waals surface area contributed by atoms with E-state index in [1.165, 1.54) is 13.3 Å². The van der Waals surface area contributed by atoms with Crippen LogP contribution in [0, 0.1) is 0 Å². The maximum atomic E-state index is 12.5. The zero-order chi connectivity index (χ0) is 22.2. The Labute approximate surface area is 178 Å². The van der Waals surface area contributed by atoms with Crippen molar-refractivity contribution in [2.75, 3.05) is 27.9 Å². The second kappa shape index (κ2) is 10.0. The molecule has 3 rings (SSSR count). The average molecular weight is 423 g/mol. The topological polar surface area (TPSA) is 117 Å². The van der Waals surface area contributed by atoms with Crippen LogP contribution in [0.5, 0.6) is 17.4 Å². The van der Waals surface area contributed by atoms with Crippen molar-refractivity contribution in [1.29, 1.82) is 0 Å². The Morgan fingerprint density at radius 2 is 1.65 bits per heavy atom. The molecule has 0 aliphatic heterocycles. The number of ether oxygens (including phenoxy) is 3. The molecule has 0 saturated carbocycles. The largest absolute Gasteiger partial charge is 0.497 e. The molecule has 10 heteroatoms. The lowest BCUT2D eigenvalue weighted by atomic mass is 10.1. The Bertz CT molecular complexity index is 1070. The minimum absolute atomic E-state index is 0.0500.